The van der Waals surface area contributed by atoms with Crippen LogP contribution in [-0.2, 0) is 0 Å². The highest BCUT2D eigenvalue weighted by molar-refractivity contribution is 4.96. The molecule has 0 aromatic heterocycles. The van der Waals surface area contributed by atoms with Crippen molar-refractivity contribution in [3.63, 3.8) is 0 Å². The Kier molecular flexibility index (Phi) is 5.84. The molecule has 0 N–H and O–H groups in total. The van der Waals surface area contributed by atoms with Gasteiger partial charge < -0.3 is 0 Å². The highest BCUT2D eigenvalue weighted by Gasteiger charge is 2.31. The van der Waals surface area contributed by atoms with Crippen LogP contribution < -0.4 is 0 Å². The maximum atomic E-state index is 13.2. The second kappa shape index (κ2) is 7.40. The number of allylic oxidation sites excluding steroid dienone is 1. The van der Waals surface area contributed by atoms with E-state index in [1.54, 1.807) is 0 Å². The summed E-state index contributed by atoms with van der Waals surface area (Å²) in [5.41, 5.74) is 0. The highest BCUT2D eigenvalue weighted by Crippen LogP contribution is 2.43. The fourth-order valence-electron chi connectivity index (χ4n) is 4.31. The molecule has 2 fully saturated rings. The fraction of sp³-hybridized carbons (Fsp3) is 0.882. The molecule has 0 aromatic carbocycles. The zero-order chi connectivity index (χ0) is 13.7. The molecule has 0 nitrogen and oxygen atoms in total. The van der Waals surface area contributed by atoms with Crippen molar-refractivity contribution in [1.29, 1.82) is 0 Å². The number of hydrogen-bond donors (Lipinski definition) is 0. The molecule has 110 valence electrons. The maximum Gasteiger partial charge on any atom is 0.131 e. The second-order valence-corrected chi connectivity index (χ2v) is 6.68. The average molecular weight is 270 g/mol. The lowest BCUT2D eigenvalue weighted by Crippen LogP contribution is -2.26. The zero-order valence-corrected chi connectivity index (χ0v) is 12.2. The molecule has 0 spiro atoms. The number of rotatable bonds is 4. The molecule has 0 unspecified atom stereocenters. The topological polar surface area (TPSA) is 0 Å². The van der Waals surface area contributed by atoms with E-state index >= 15 is 0 Å². The van der Waals surface area contributed by atoms with Crippen molar-refractivity contribution in [3.05, 3.63) is 12.2 Å². The van der Waals surface area contributed by atoms with E-state index in [4.69, 9.17) is 0 Å². The molecule has 2 heteroatoms. The van der Waals surface area contributed by atoms with E-state index < -0.39 is 5.83 Å². The molecular formula is C17H28F2. The van der Waals surface area contributed by atoms with Gasteiger partial charge in [0.2, 0.25) is 0 Å². The van der Waals surface area contributed by atoms with E-state index in [1.165, 1.54) is 38.5 Å². The molecule has 0 atom stereocenters. The summed E-state index contributed by atoms with van der Waals surface area (Å²) in [6.45, 7) is 2.28. The van der Waals surface area contributed by atoms with Crippen molar-refractivity contribution in [2.75, 3.05) is 0 Å². The fourth-order valence-corrected chi connectivity index (χ4v) is 4.31. The second-order valence-electron chi connectivity index (χ2n) is 6.68. The molecule has 2 saturated carbocycles. The average Bonchev–Trinajstić information content (AvgIpc) is 2.48. The van der Waals surface area contributed by atoms with Crippen molar-refractivity contribution in [2.45, 2.75) is 71.1 Å². The van der Waals surface area contributed by atoms with Crippen LogP contribution >= 0.6 is 0 Å². The Morgan fingerprint density at radius 1 is 0.947 bits per heavy atom. The monoisotopic (exact) mass is 270 g/mol. The van der Waals surface area contributed by atoms with Crippen LogP contribution in [0, 0.1) is 23.7 Å². The predicted octanol–water partition coefficient (Wildman–Crippen LogP) is 6.18. The lowest BCUT2D eigenvalue weighted by Gasteiger charge is -2.37. The molecule has 0 aliphatic heterocycles. The van der Waals surface area contributed by atoms with Crippen molar-refractivity contribution in [2.24, 2.45) is 23.7 Å². The first-order valence-corrected chi connectivity index (χ1v) is 8.20. The van der Waals surface area contributed by atoms with Gasteiger partial charge >= 0.3 is 0 Å². The molecule has 2 aliphatic rings. The summed E-state index contributed by atoms with van der Waals surface area (Å²) in [6, 6.07) is 0. The van der Waals surface area contributed by atoms with Crippen molar-refractivity contribution < 1.29 is 8.78 Å². The molecule has 19 heavy (non-hydrogen) atoms. The highest BCUT2D eigenvalue weighted by atomic mass is 19.2. The minimum atomic E-state index is -0.523. The first-order chi connectivity index (χ1) is 9.24. The van der Waals surface area contributed by atoms with Crippen molar-refractivity contribution >= 4 is 0 Å². The van der Waals surface area contributed by atoms with E-state index in [9.17, 15) is 8.78 Å². The van der Waals surface area contributed by atoms with Gasteiger partial charge in [-0.1, -0.05) is 32.6 Å². The van der Waals surface area contributed by atoms with Gasteiger partial charge in [-0.05, 0) is 56.3 Å². The van der Waals surface area contributed by atoms with Gasteiger partial charge in [-0.15, -0.1) is 0 Å². The largest absolute Gasteiger partial charge is 0.213 e. The van der Waals surface area contributed by atoms with Gasteiger partial charge in [-0.2, -0.15) is 0 Å². The van der Waals surface area contributed by atoms with E-state index in [2.05, 4.69) is 6.92 Å². The van der Waals surface area contributed by atoms with Crippen LogP contribution in [0.3, 0.4) is 0 Å². The van der Waals surface area contributed by atoms with Gasteiger partial charge in [-0.25, -0.2) is 8.78 Å². The summed E-state index contributed by atoms with van der Waals surface area (Å²) in [5.74, 6) is 1.96. The van der Waals surface area contributed by atoms with Gasteiger partial charge in [0.05, 0.1) is 0 Å². The molecule has 2 aliphatic carbocycles. The molecule has 2 rings (SSSR count). The van der Waals surface area contributed by atoms with E-state index in [1.807, 2.05) is 0 Å². The minimum Gasteiger partial charge on any atom is -0.213 e. The standard InChI is InChI=1S/C17H28F2/c1-2-3-13-4-6-14(7-5-13)15-8-10-16(11-9-15)17(19)12-18/h12-16H,2-11H2,1H3. The summed E-state index contributed by atoms with van der Waals surface area (Å²) in [4.78, 5) is 0. The molecule has 0 bridgehead atoms. The van der Waals surface area contributed by atoms with E-state index in [0.717, 1.165) is 43.4 Å². The first-order valence-electron chi connectivity index (χ1n) is 8.20. The lowest BCUT2D eigenvalue weighted by molar-refractivity contribution is 0.145. The Hall–Kier alpha value is -0.400. The van der Waals surface area contributed by atoms with Crippen molar-refractivity contribution in [3.8, 4) is 0 Å². The lowest BCUT2D eigenvalue weighted by atomic mass is 9.68. The Labute approximate surface area is 116 Å². The Balaban J connectivity index is 1.74. The zero-order valence-electron chi connectivity index (χ0n) is 12.2. The third-order valence-corrected chi connectivity index (χ3v) is 5.52. The summed E-state index contributed by atoms with van der Waals surface area (Å²) in [5, 5.41) is 0. The van der Waals surface area contributed by atoms with Crippen LogP contribution in [0.1, 0.15) is 71.1 Å². The van der Waals surface area contributed by atoms with Crippen LogP contribution in [0.2, 0.25) is 0 Å². The molecule has 0 aromatic rings. The molecule has 0 radical (unpaired) electrons. The summed E-state index contributed by atoms with van der Waals surface area (Å²) < 4.78 is 25.4. The first kappa shape index (κ1) is 15.0. The van der Waals surface area contributed by atoms with E-state index in [0.29, 0.717) is 0 Å². The van der Waals surface area contributed by atoms with E-state index in [-0.39, 0.29) is 12.2 Å². The number of hydrogen-bond acceptors (Lipinski definition) is 0. The molecule has 0 heterocycles. The van der Waals surface area contributed by atoms with Gasteiger partial charge in [0.25, 0.3) is 0 Å². The molecule has 0 saturated heterocycles. The smallest absolute Gasteiger partial charge is 0.131 e. The summed E-state index contributed by atoms with van der Waals surface area (Å²) >= 11 is 0. The Morgan fingerprint density at radius 3 is 1.95 bits per heavy atom. The van der Waals surface area contributed by atoms with Gasteiger partial charge in [0, 0.05) is 5.92 Å². The minimum absolute atomic E-state index is 0.127. The number of halogens is 2. The Bertz CT molecular complexity index is 282. The third-order valence-electron chi connectivity index (χ3n) is 5.52. The van der Waals surface area contributed by atoms with Crippen LogP contribution in [-0.4, -0.2) is 0 Å². The third kappa shape index (κ3) is 4.03. The SMILES string of the molecule is CCCC1CCC(C2CCC(C(F)=CF)CC2)CC1. The van der Waals surface area contributed by atoms with Crippen molar-refractivity contribution in [1.82, 2.24) is 0 Å². The predicted molar refractivity (Wildman–Crippen MR) is 76.1 cm³/mol. The van der Waals surface area contributed by atoms with Crippen LogP contribution in [0.5, 0.6) is 0 Å². The van der Waals surface area contributed by atoms with Crippen LogP contribution in [0.25, 0.3) is 0 Å². The maximum absolute atomic E-state index is 13.2. The summed E-state index contributed by atoms with van der Waals surface area (Å²) in [7, 11) is 0. The summed E-state index contributed by atoms with van der Waals surface area (Å²) in [6.07, 6.45) is 12.3. The van der Waals surface area contributed by atoms with Gasteiger partial charge in [-0.3, -0.25) is 0 Å². The van der Waals surface area contributed by atoms with Crippen LogP contribution in [0.4, 0.5) is 8.78 Å². The molecular weight excluding hydrogens is 242 g/mol. The van der Waals surface area contributed by atoms with Gasteiger partial charge in [0.15, 0.2) is 0 Å². The molecule has 0 amide bonds. The normalized spacial score (nSPS) is 37.3. The van der Waals surface area contributed by atoms with Crippen LogP contribution in [0.15, 0.2) is 12.2 Å². The Morgan fingerprint density at radius 2 is 1.47 bits per heavy atom. The quantitative estimate of drug-likeness (QED) is 0.572. The van der Waals surface area contributed by atoms with Gasteiger partial charge in [0.1, 0.15) is 12.2 Å².